The van der Waals surface area contributed by atoms with E-state index in [0.717, 1.165) is 0 Å². The first-order valence-electron chi connectivity index (χ1n) is 7.81. The average Bonchev–Trinajstić information content (AvgIpc) is 2.87. The molecule has 1 saturated heterocycles. The number of benzene rings is 1. The van der Waals surface area contributed by atoms with Crippen LogP contribution in [0.25, 0.3) is 0 Å². The number of carbonyl (C=O) groups excluding carboxylic acids is 1. The summed E-state index contributed by atoms with van der Waals surface area (Å²) in [5.41, 5.74) is -0.0242. The highest BCUT2D eigenvalue weighted by atomic mass is 16.6. The number of ether oxygens (including phenoxy) is 1. The molecule has 0 bridgehead atoms. The SMILES string of the molecule is CC(C)(C)NC(=O)O[C@H]1C[C@@H](CO)N(c2ccccc2[N+](=O)[O-])C1. The minimum Gasteiger partial charge on any atom is -0.444 e. The molecule has 132 valence electrons. The zero-order valence-corrected chi connectivity index (χ0v) is 14.1. The monoisotopic (exact) mass is 337 g/mol. The van der Waals surface area contributed by atoms with E-state index in [-0.39, 0.29) is 18.3 Å². The first kappa shape index (κ1) is 18.0. The highest BCUT2D eigenvalue weighted by Gasteiger charge is 2.37. The van der Waals surface area contributed by atoms with E-state index in [1.54, 1.807) is 23.1 Å². The van der Waals surface area contributed by atoms with Gasteiger partial charge in [0.15, 0.2) is 0 Å². The quantitative estimate of drug-likeness (QED) is 0.643. The van der Waals surface area contributed by atoms with Crippen molar-refractivity contribution in [2.24, 2.45) is 0 Å². The smallest absolute Gasteiger partial charge is 0.407 e. The lowest BCUT2D eigenvalue weighted by atomic mass is 10.1. The van der Waals surface area contributed by atoms with Crippen LogP contribution in [0.1, 0.15) is 27.2 Å². The number of carbonyl (C=O) groups is 1. The normalized spacial score (nSPS) is 20.8. The van der Waals surface area contributed by atoms with Gasteiger partial charge >= 0.3 is 6.09 Å². The Morgan fingerprint density at radius 1 is 1.46 bits per heavy atom. The second-order valence-corrected chi connectivity index (χ2v) is 6.87. The summed E-state index contributed by atoms with van der Waals surface area (Å²) in [5.74, 6) is 0. The second kappa shape index (κ2) is 7.04. The van der Waals surface area contributed by atoms with Crippen molar-refractivity contribution >= 4 is 17.5 Å². The fourth-order valence-electron chi connectivity index (χ4n) is 2.78. The largest absolute Gasteiger partial charge is 0.444 e. The first-order valence-corrected chi connectivity index (χ1v) is 7.81. The summed E-state index contributed by atoms with van der Waals surface area (Å²) in [7, 11) is 0. The van der Waals surface area contributed by atoms with E-state index in [9.17, 15) is 20.0 Å². The molecule has 2 N–H and O–H groups in total. The van der Waals surface area contributed by atoms with Crippen molar-refractivity contribution in [1.29, 1.82) is 0 Å². The van der Waals surface area contributed by atoms with Crippen molar-refractivity contribution in [1.82, 2.24) is 5.32 Å². The van der Waals surface area contributed by atoms with Gasteiger partial charge in [0.1, 0.15) is 11.8 Å². The van der Waals surface area contributed by atoms with Gasteiger partial charge in [0.2, 0.25) is 0 Å². The van der Waals surface area contributed by atoms with Crippen LogP contribution in [0.4, 0.5) is 16.2 Å². The van der Waals surface area contributed by atoms with Gasteiger partial charge in [-0.25, -0.2) is 4.79 Å². The molecule has 8 nitrogen and oxygen atoms in total. The van der Waals surface area contributed by atoms with Crippen molar-refractivity contribution in [2.45, 2.75) is 44.9 Å². The van der Waals surface area contributed by atoms with Crippen molar-refractivity contribution in [3.8, 4) is 0 Å². The Bertz CT molecular complexity index is 614. The Labute approximate surface area is 140 Å². The van der Waals surface area contributed by atoms with Crippen LogP contribution < -0.4 is 10.2 Å². The van der Waals surface area contributed by atoms with Crippen molar-refractivity contribution in [2.75, 3.05) is 18.1 Å². The molecule has 0 aromatic heterocycles. The molecule has 0 radical (unpaired) electrons. The molecule has 1 heterocycles. The summed E-state index contributed by atoms with van der Waals surface area (Å²) >= 11 is 0. The number of nitro benzene ring substituents is 1. The van der Waals surface area contributed by atoms with Crippen LogP contribution in [0.2, 0.25) is 0 Å². The fraction of sp³-hybridized carbons (Fsp3) is 0.562. The number of para-hydroxylation sites is 2. The predicted molar refractivity (Wildman–Crippen MR) is 89.1 cm³/mol. The van der Waals surface area contributed by atoms with Crippen LogP contribution in [0.5, 0.6) is 0 Å². The van der Waals surface area contributed by atoms with Gasteiger partial charge in [-0.2, -0.15) is 0 Å². The van der Waals surface area contributed by atoms with Crippen LogP contribution >= 0.6 is 0 Å². The molecule has 0 spiro atoms. The van der Waals surface area contributed by atoms with Gasteiger partial charge in [-0.05, 0) is 26.8 Å². The number of nitro groups is 1. The Morgan fingerprint density at radius 3 is 2.71 bits per heavy atom. The second-order valence-electron chi connectivity index (χ2n) is 6.87. The summed E-state index contributed by atoms with van der Waals surface area (Å²) in [6.45, 7) is 5.66. The molecular formula is C16H23N3O5. The number of aliphatic hydroxyl groups excluding tert-OH is 1. The molecular weight excluding hydrogens is 314 g/mol. The van der Waals surface area contributed by atoms with Gasteiger partial charge in [-0.3, -0.25) is 10.1 Å². The Morgan fingerprint density at radius 2 is 2.12 bits per heavy atom. The standard InChI is InChI=1S/C16H23N3O5/c1-16(2,3)17-15(21)24-12-8-11(10-20)18(9-12)13-6-4-5-7-14(13)19(22)23/h4-7,11-12,20H,8-10H2,1-3H3,(H,17,21)/t11-,12-/m0/s1. The third kappa shape index (κ3) is 4.35. The molecule has 24 heavy (non-hydrogen) atoms. The van der Waals surface area contributed by atoms with Gasteiger partial charge in [0.25, 0.3) is 5.69 Å². The number of nitrogens with zero attached hydrogens (tertiary/aromatic N) is 2. The lowest BCUT2D eigenvalue weighted by Crippen LogP contribution is -2.42. The molecule has 1 aromatic carbocycles. The summed E-state index contributed by atoms with van der Waals surface area (Å²) in [6.07, 6.45) is -0.557. The van der Waals surface area contributed by atoms with Crippen LogP contribution in [0.3, 0.4) is 0 Å². The lowest BCUT2D eigenvalue weighted by molar-refractivity contribution is -0.384. The van der Waals surface area contributed by atoms with Gasteiger partial charge in [-0.15, -0.1) is 0 Å². The number of hydrogen-bond acceptors (Lipinski definition) is 6. The maximum absolute atomic E-state index is 11.9. The number of anilines is 1. The third-order valence-electron chi connectivity index (χ3n) is 3.73. The number of rotatable bonds is 4. The molecule has 8 heteroatoms. The number of amides is 1. The average molecular weight is 337 g/mol. The Balaban J connectivity index is 2.13. The summed E-state index contributed by atoms with van der Waals surface area (Å²) in [6, 6.07) is 6.02. The number of nitrogens with one attached hydrogen (secondary N) is 1. The minimum atomic E-state index is -0.534. The third-order valence-corrected chi connectivity index (χ3v) is 3.73. The molecule has 2 rings (SSSR count). The summed E-state index contributed by atoms with van der Waals surface area (Å²) in [4.78, 5) is 24.4. The predicted octanol–water partition coefficient (Wildman–Crippen LogP) is 2.06. The minimum absolute atomic E-state index is 0.0317. The van der Waals surface area contributed by atoms with Gasteiger partial charge in [0.05, 0.1) is 24.1 Å². The van der Waals surface area contributed by atoms with E-state index < -0.39 is 22.7 Å². The number of alkyl carbamates (subject to hydrolysis) is 1. The summed E-state index contributed by atoms with van der Waals surface area (Å²) < 4.78 is 5.40. The van der Waals surface area contributed by atoms with E-state index in [4.69, 9.17) is 4.74 Å². The van der Waals surface area contributed by atoms with E-state index in [1.807, 2.05) is 20.8 Å². The molecule has 1 aromatic rings. The topological polar surface area (TPSA) is 105 Å². The van der Waals surface area contributed by atoms with E-state index >= 15 is 0 Å². The van der Waals surface area contributed by atoms with E-state index in [0.29, 0.717) is 18.7 Å². The zero-order valence-electron chi connectivity index (χ0n) is 14.1. The Kier molecular flexibility index (Phi) is 5.28. The molecule has 0 unspecified atom stereocenters. The molecule has 0 saturated carbocycles. The first-order chi connectivity index (χ1) is 11.2. The molecule has 2 atom stereocenters. The van der Waals surface area contributed by atoms with Crippen LogP contribution in [0.15, 0.2) is 24.3 Å². The number of aliphatic hydroxyl groups is 1. The van der Waals surface area contributed by atoms with Crippen LogP contribution in [-0.4, -0.2) is 47.0 Å². The fourth-order valence-corrected chi connectivity index (χ4v) is 2.78. The summed E-state index contributed by atoms with van der Waals surface area (Å²) in [5, 5.41) is 23.5. The molecule has 1 fully saturated rings. The molecule has 1 aliphatic heterocycles. The van der Waals surface area contributed by atoms with Crippen molar-refractivity contribution in [3.63, 3.8) is 0 Å². The van der Waals surface area contributed by atoms with Gasteiger partial charge in [-0.1, -0.05) is 12.1 Å². The lowest BCUT2D eigenvalue weighted by Gasteiger charge is -2.24. The maximum atomic E-state index is 11.9. The van der Waals surface area contributed by atoms with E-state index in [1.165, 1.54) is 6.07 Å². The highest BCUT2D eigenvalue weighted by molar-refractivity contribution is 5.69. The molecule has 0 aliphatic carbocycles. The molecule has 1 amide bonds. The Hall–Kier alpha value is -2.35. The van der Waals surface area contributed by atoms with Crippen LogP contribution in [-0.2, 0) is 4.74 Å². The van der Waals surface area contributed by atoms with Gasteiger partial charge in [0, 0.05) is 18.0 Å². The molecule has 1 aliphatic rings. The van der Waals surface area contributed by atoms with Crippen molar-refractivity contribution in [3.05, 3.63) is 34.4 Å². The number of hydrogen-bond donors (Lipinski definition) is 2. The maximum Gasteiger partial charge on any atom is 0.407 e. The van der Waals surface area contributed by atoms with Crippen molar-refractivity contribution < 1.29 is 19.6 Å². The highest BCUT2D eigenvalue weighted by Crippen LogP contribution is 2.34. The van der Waals surface area contributed by atoms with Gasteiger partial charge < -0.3 is 20.1 Å². The van der Waals surface area contributed by atoms with Crippen LogP contribution in [0, 0.1) is 10.1 Å². The zero-order chi connectivity index (χ0) is 17.9. The van der Waals surface area contributed by atoms with E-state index in [2.05, 4.69) is 5.32 Å².